The van der Waals surface area contributed by atoms with Gasteiger partial charge in [-0.05, 0) is 56.1 Å². The molecule has 0 aromatic heterocycles. The van der Waals surface area contributed by atoms with Gasteiger partial charge in [0.1, 0.15) is 0 Å². The molecule has 0 saturated carbocycles. The van der Waals surface area contributed by atoms with Crippen LogP contribution in [0.15, 0.2) is 36.4 Å². The van der Waals surface area contributed by atoms with Crippen molar-refractivity contribution >= 4 is 11.6 Å². The van der Waals surface area contributed by atoms with Gasteiger partial charge in [-0.15, -0.1) is 0 Å². The summed E-state index contributed by atoms with van der Waals surface area (Å²) in [6, 6.07) is 10.0. The van der Waals surface area contributed by atoms with Gasteiger partial charge in [0.15, 0.2) is 23.1 Å². The lowest BCUT2D eigenvalue weighted by Crippen LogP contribution is -2.27. The highest BCUT2D eigenvalue weighted by molar-refractivity contribution is 5.91. The normalized spacial score (nSPS) is 16.3. The fourth-order valence-corrected chi connectivity index (χ4v) is 3.01. The van der Waals surface area contributed by atoms with Gasteiger partial charge in [0.2, 0.25) is 5.91 Å². The Kier molecular flexibility index (Phi) is 5.73. The molecule has 2 aromatic rings. The van der Waals surface area contributed by atoms with Crippen LogP contribution in [0.3, 0.4) is 0 Å². The molecule has 5 nitrogen and oxygen atoms in total. The summed E-state index contributed by atoms with van der Waals surface area (Å²) in [4.78, 5) is 12.0. The van der Waals surface area contributed by atoms with Gasteiger partial charge < -0.3 is 20.1 Å². The number of amides is 1. The van der Waals surface area contributed by atoms with E-state index in [1.54, 1.807) is 12.1 Å². The average Bonchev–Trinajstić information content (AvgIpc) is 3.11. The maximum absolute atomic E-state index is 14.4. The van der Waals surface area contributed by atoms with Gasteiger partial charge in [-0.25, -0.2) is 4.39 Å². The number of aryl methyl sites for hydroxylation is 1. The van der Waals surface area contributed by atoms with Crippen molar-refractivity contribution in [2.24, 2.45) is 0 Å². The van der Waals surface area contributed by atoms with Crippen LogP contribution in [0, 0.1) is 12.7 Å². The number of anilines is 1. The third-order valence-electron chi connectivity index (χ3n) is 4.35. The molecule has 1 heterocycles. The number of ether oxygens (including phenoxy) is 2. The lowest BCUT2D eigenvalue weighted by Gasteiger charge is -2.13. The fraction of sp³-hybridized carbons (Fsp3) is 0.350. The number of carbonyl (C=O) groups excluding carboxylic acids is 1. The van der Waals surface area contributed by atoms with Crippen LogP contribution in [0.5, 0.6) is 17.2 Å². The van der Waals surface area contributed by atoms with Gasteiger partial charge in [-0.2, -0.15) is 0 Å². The first-order chi connectivity index (χ1) is 12.5. The van der Waals surface area contributed by atoms with E-state index in [1.807, 2.05) is 19.1 Å². The minimum atomic E-state index is -0.551. The summed E-state index contributed by atoms with van der Waals surface area (Å²) in [5, 5.41) is 6.00. The Morgan fingerprint density at radius 1 is 1.23 bits per heavy atom. The second kappa shape index (κ2) is 8.19. The number of methoxy groups -OCH3 is 1. The number of hydrogen-bond donors (Lipinski definition) is 2. The number of carbonyl (C=O) groups is 1. The first kappa shape index (κ1) is 18.2. The largest absolute Gasteiger partial charge is 0.493 e. The van der Waals surface area contributed by atoms with Crippen LogP contribution in [-0.4, -0.2) is 25.6 Å². The zero-order valence-electron chi connectivity index (χ0n) is 15.0. The maximum atomic E-state index is 14.4. The molecule has 6 heteroatoms. The monoisotopic (exact) mass is 358 g/mol. The van der Waals surface area contributed by atoms with Crippen molar-refractivity contribution in [3.8, 4) is 17.2 Å². The first-order valence-electron chi connectivity index (χ1n) is 8.70. The second-order valence-electron chi connectivity index (χ2n) is 6.45. The predicted octanol–water partition coefficient (Wildman–Crippen LogP) is 4.02. The molecule has 0 spiro atoms. The Balaban J connectivity index is 1.66. The molecule has 2 N–H and O–H groups in total. The van der Waals surface area contributed by atoms with Crippen LogP contribution in [-0.2, 0) is 4.79 Å². The average molecular weight is 358 g/mol. The van der Waals surface area contributed by atoms with Gasteiger partial charge in [-0.1, -0.05) is 6.07 Å². The second-order valence-corrected chi connectivity index (χ2v) is 6.45. The van der Waals surface area contributed by atoms with E-state index in [0.29, 0.717) is 23.6 Å². The summed E-state index contributed by atoms with van der Waals surface area (Å²) in [7, 11) is 1.54. The van der Waals surface area contributed by atoms with Gasteiger partial charge in [0.05, 0.1) is 7.11 Å². The number of hydrogen-bond acceptors (Lipinski definition) is 4. The standard InChI is InChI=1S/C20H23FN2O3/c1-13-5-7-18(19(10-13)25-2)26-17-8-6-15(11-16(17)21)23-20(24)12-14-4-3-9-22-14/h5-8,10-11,14,22H,3-4,9,12H2,1-2H3,(H,23,24). The molecule has 1 aliphatic heterocycles. The molecule has 1 amide bonds. The third-order valence-corrected chi connectivity index (χ3v) is 4.35. The molecule has 1 fully saturated rings. The van der Waals surface area contributed by atoms with Crippen LogP contribution in [0.1, 0.15) is 24.8 Å². The maximum Gasteiger partial charge on any atom is 0.225 e. The van der Waals surface area contributed by atoms with Gasteiger partial charge in [0, 0.05) is 24.2 Å². The van der Waals surface area contributed by atoms with E-state index in [9.17, 15) is 9.18 Å². The highest BCUT2D eigenvalue weighted by atomic mass is 19.1. The van der Waals surface area contributed by atoms with Crippen LogP contribution in [0.2, 0.25) is 0 Å². The Morgan fingerprint density at radius 3 is 2.73 bits per heavy atom. The van der Waals surface area contributed by atoms with Gasteiger partial charge in [0.25, 0.3) is 0 Å². The topological polar surface area (TPSA) is 59.6 Å². The van der Waals surface area contributed by atoms with E-state index in [2.05, 4.69) is 10.6 Å². The Labute approximate surface area is 152 Å². The molecule has 0 bridgehead atoms. The molecule has 1 aliphatic rings. The third kappa shape index (κ3) is 4.52. The Morgan fingerprint density at radius 2 is 2.04 bits per heavy atom. The van der Waals surface area contributed by atoms with E-state index in [0.717, 1.165) is 24.9 Å². The molecule has 2 aromatic carbocycles. The Hall–Kier alpha value is -2.60. The molecule has 1 unspecified atom stereocenters. The molecule has 26 heavy (non-hydrogen) atoms. The van der Waals surface area contributed by atoms with E-state index in [1.165, 1.54) is 19.2 Å². The van der Waals surface area contributed by atoms with Crippen molar-refractivity contribution in [3.05, 3.63) is 47.8 Å². The van der Waals surface area contributed by atoms with Crippen molar-refractivity contribution in [3.63, 3.8) is 0 Å². The summed E-state index contributed by atoms with van der Waals surface area (Å²) in [6.45, 7) is 2.88. The number of rotatable bonds is 6. The smallest absolute Gasteiger partial charge is 0.225 e. The lowest BCUT2D eigenvalue weighted by atomic mass is 10.1. The molecule has 0 aliphatic carbocycles. The van der Waals surface area contributed by atoms with Crippen LogP contribution in [0.25, 0.3) is 0 Å². The number of nitrogens with one attached hydrogen (secondary N) is 2. The molecular formula is C20H23FN2O3. The van der Waals surface area contributed by atoms with E-state index >= 15 is 0 Å². The summed E-state index contributed by atoms with van der Waals surface area (Å²) in [5.74, 6) is 0.358. The van der Waals surface area contributed by atoms with Crippen LogP contribution < -0.4 is 20.1 Å². The van der Waals surface area contributed by atoms with E-state index in [4.69, 9.17) is 9.47 Å². The fourth-order valence-electron chi connectivity index (χ4n) is 3.01. The predicted molar refractivity (Wildman–Crippen MR) is 98.5 cm³/mol. The Bertz CT molecular complexity index is 789. The van der Waals surface area contributed by atoms with E-state index < -0.39 is 5.82 Å². The summed E-state index contributed by atoms with van der Waals surface area (Å²) < 4.78 is 25.3. The molecule has 138 valence electrons. The van der Waals surface area contributed by atoms with Gasteiger partial charge in [-0.3, -0.25) is 4.79 Å². The molecule has 0 radical (unpaired) electrons. The highest BCUT2D eigenvalue weighted by Crippen LogP contribution is 2.34. The minimum Gasteiger partial charge on any atom is -0.493 e. The molecule has 3 rings (SSSR count). The van der Waals surface area contributed by atoms with Crippen LogP contribution in [0.4, 0.5) is 10.1 Å². The van der Waals surface area contributed by atoms with Gasteiger partial charge >= 0.3 is 0 Å². The molecule has 1 saturated heterocycles. The van der Waals surface area contributed by atoms with Crippen LogP contribution >= 0.6 is 0 Å². The quantitative estimate of drug-likeness (QED) is 0.819. The zero-order chi connectivity index (χ0) is 18.5. The molecule has 1 atom stereocenters. The summed E-state index contributed by atoms with van der Waals surface area (Å²) >= 11 is 0. The lowest BCUT2D eigenvalue weighted by molar-refractivity contribution is -0.116. The minimum absolute atomic E-state index is 0.0719. The van der Waals surface area contributed by atoms with Crippen molar-refractivity contribution in [2.75, 3.05) is 19.0 Å². The number of halogens is 1. The summed E-state index contributed by atoms with van der Waals surface area (Å²) in [5.41, 5.74) is 1.43. The zero-order valence-corrected chi connectivity index (χ0v) is 15.0. The van der Waals surface area contributed by atoms with Crippen molar-refractivity contribution in [2.45, 2.75) is 32.2 Å². The number of benzene rings is 2. The van der Waals surface area contributed by atoms with Crippen molar-refractivity contribution < 1.29 is 18.7 Å². The SMILES string of the molecule is COc1cc(C)ccc1Oc1ccc(NC(=O)CC2CCCN2)cc1F. The first-order valence-corrected chi connectivity index (χ1v) is 8.70. The summed E-state index contributed by atoms with van der Waals surface area (Å²) in [6.07, 6.45) is 2.47. The highest BCUT2D eigenvalue weighted by Gasteiger charge is 2.18. The van der Waals surface area contributed by atoms with Crippen molar-refractivity contribution in [1.29, 1.82) is 0 Å². The van der Waals surface area contributed by atoms with Crippen molar-refractivity contribution in [1.82, 2.24) is 5.32 Å². The van der Waals surface area contributed by atoms with E-state index in [-0.39, 0.29) is 17.7 Å². The molecular weight excluding hydrogens is 335 g/mol.